The van der Waals surface area contributed by atoms with Gasteiger partial charge in [0.25, 0.3) is 5.56 Å². The third kappa shape index (κ3) is 1.07. The maximum absolute atomic E-state index is 12.0. The Morgan fingerprint density at radius 2 is 2.07 bits per heavy atom. The molecule has 0 amide bonds. The Labute approximate surface area is 85.3 Å². The van der Waals surface area contributed by atoms with Gasteiger partial charge in [-0.3, -0.25) is 4.79 Å². The number of hydrogen-bond acceptors (Lipinski definition) is 1. The van der Waals surface area contributed by atoms with Gasteiger partial charge in [-0.1, -0.05) is 5.57 Å². The van der Waals surface area contributed by atoms with Gasteiger partial charge in [0.05, 0.1) is 0 Å². The van der Waals surface area contributed by atoms with E-state index in [2.05, 4.69) is 0 Å². The standard InChI is InChI=1S/C12H15NO/c1-7-5-10-6-8(2)13(4)12(14)11(10)9(7)3/h6H,5H2,1-4H3/i5D. The van der Waals surface area contributed by atoms with E-state index in [1.54, 1.807) is 11.6 Å². The lowest BCUT2D eigenvalue weighted by atomic mass is 10.1. The van der Waals surface area contributed by atoms with Crippen LogP contribution in [0.25, 0.3) is 5.57 Å². The molecule has 2 heteroatoms. The Kier molecular flexibility index (Phi) is 1.63. The number of nitrogens with zero attached hydrogens (tertiary/aromatic N) is 1. The van der Waals surface area contributed by atoms with Crippen LogP contribution in [-0.4, -0.2) is 4.57 Å². The summed E-state index contributed by atoms with van der Waals surface area (Å²) in [5.41, 5.74) is 4.51. The van der Waals surface area contributed by atoms with Gasteiger partial charge in [-0.05, 0) is 44.4 Å². The molecule has 1 aliphatic rings. The first kappa shape index (κ1) is 8.04. The Balaban J connectivity index is 2.86. The average molecular weight is 190 g/mol. The zero-order chi connectivity index (χ0) is 11.3. The van der Waals surface area contributed by atoms with Crippen molar-refractivity contribution in [1.82, 2.24) is 4.57 Å². The van der Waals surface area contributed by atoms with Gasteiger partial charge in [-0.25, -0.2) is 0 Å². The molecule has 2 nitrogen and oxygen atoms in total. The molecule has 1 aromatic heterocycles. The van der Waals surface area contributed by atoms with Crippen LogP contribution < -0.4 is 5.56 Å². The Morgan fingerprint density at radius 1 is 1.43 bits per heavy atom. The smallest absolute Gasteiger partial charge is 0.258 e. The molecule has 0 radical (unpaired) electrons. The Morgan fingerprint density at radius 3 is 2.71 bits per heavy atom. The summed E-state index contributed by atoms with van der Waals surface area (Å²) in [6, 6.07) is 1.95. The molecule has 0 N–H and O–H groups in total. The van der Waals surface area contributed by atoms with Crippen LogP contribution in [0.4, 0.5) is 0 Å². The third-order valence-corrected chi connectivity index (χ3v) is 3.04. The first-order chi connectivity index (χ1) is 6.95. The zero-order valence-corrected chi connectivity index (χ0v) is 9.01. The molecule has 0 fully saturated rings. The van der Waals surface area contributed by atoms with E-state index in [0.29, 0.717) is 0 Å². The van der Waals surface area contributed by atoms with Gasteiger partial charge in [0.2, 0.25) is 0 Å². The van der Waals surface area contributed by atoms with Crippen LogP contribution in [0.2, 0.25) is 0 Å². The minimum Gasteiger partial charge on any atom is -0.315 e. The molecule has 1 unspecified atom stereocenters. The normalized spacial score (nSPS) is 21.1. The van der Waals surface area contributed by atoms with Gasteiger partial charge in [-0.2, -0.15) is 0 Å². The van der Waals surface area contributed by atoms with Crippen LogP contribution in [0.3, 0.4) is 0 Å². The summed E-state index contributed by atoms with van der Waals surface area (Å²) < 4.78 is 9.65. The van der Waals surface area contributed by atoms with Crippen molar-refractivity contribution < 1.29 is 1.37 Å². The molecule has 14 heavy (non-hydrogen) atoms. The molecule has 1 aromatic rings. The summed E-state index contributed by atoms with van der Waals surface area (Å²) in [5, 5.41) is 0. The van der Waals surface area contributed by atoms with E-state index in [0.717, 1.165) is 28.0 Å². The van der Waals surface area contributed by atoms with Crippen LogP contribution in [0, 0.1) is 6.92 Å². The fourth-order valence-electron chi connectivity index (χ4n) is 1.87. The topological polar surface area (TPSA) is 22.0 Å². The highest BCUT2D eigenvalue weighted by atomic mass is 16.1. The van der Waals surface area contributed by atoms with E-state index >= 15 is 0 Å². The molecule has 0 aromatic carbocycles. The molecule has 0 saturated heterocycles. The Bertz CT molecular complexity index is 525. The van der Waals surface area contributed by atoms with Gasteiger partial charge in [0.1, 0.15) is 0 Å². The maximum Gasteiger partial charge on any atom is 0.258 e. The van der Waals surface area contributed by atoms with E-state index in [1.165, 1.54) is 0 Å². The van der Waals surface area contributed by atoms with Crippen molar-refractivity contribution in [2.45, 2.75) is 27.2 Å². The average Bonchev–Trinajstić information content (AvgIpc) is 2.40. The van der Waals surface area contributed by atoms with Gasteiger partial charge in [0.15, 0.2) is 0 Å². The van der Waals surface area contributed by atoms with E-state index in [1.807, 2.05) is 26.8 Å². The summed E-state index contributed by atoms with van der Waals surface area (Å²) in [5.74, 6) is 0. The van der Waals surface area contributed by atoms with Crippen LogP contribution >= 0.6 is 0 Å². The van der Waals surface area contributed by atoms with E-state index in [-0.39, 0.29) is 12.0 Å². The number of rotatable bonds is 0. The van der Waals surface area contributed by atoms with E-state index < -0.39 is 0 Å². The maximum atomic E-state index is 12.0. The molecule has 0 bridgehead atoms. The predicted molar refractivity (Wildman–Crippen MR) is 58.4 cm³/mol. The fraction of sp³-hybridized carbons (Fsp3) is 0.417. The molecule has 0 saturated carbocycles. The predicted octanol–water partition coefficient (Wildman–Crippen LogP) is 2.04. The lowest BCUT2D eigenvalue weighted by molar-refractivity contribution is 0.810. The molecule has 1 heterocycles. The molecular formula is C12H15NO. The van der Waals surface area contributed by atoms with E-state index in [4.69, 9.17) is 1.37 Å². The zero-order valence-electron chi connectivity index (χ0n) is 10.0. The summed E-state index contributed by atoms with van der Waals surface area (Å²) >= 11 is 0. The number of allylic oxidation sites excluding steroid dienone is 2. The second-order valence-electron chi connectivity index (χ2n) is 3.93. The molecule has 2 rings (SSSR count). The molecule has 74 valence electrons. The minimum absolute atomic E-state index is 0.0246. The fourth-order valence-corrected chi connectivity index (χ4v) is 1.87. The van der Waals surface area contributed by atoms with Crippen LogP contribution in [0.15, 0.2) is 16.4 Å². The van der Waals surface area contributed by atoms with Crippen LogP contribution in [-0.2, 0) is 13.4 Å². The number of hydrogen-bond donors (Lipinski definition) is 0. The first-order valence-electron chi connectivity index (χ1n) is 5.33. The summed E-state index contributed by atoms with van der Waals surface area (Å²) in [4.78, 5) is 12.0. The quantitative estimate of drug-likeness (QED) is 0.613. The largest absolute Gasteiger partial charge is 0.315 e. The number of aromatic nitrogens is 1. The highest BCUT2D eigenvalue weighted by Gasteiger charge is 2.20. The highest BCUT2D eigenvalue weighted by Crippen LogP contribution is 2.29. The first-order valence-corrected chi connectivity index (χ1v) is 4.75. The Hall–Kier alpha value is -1.31. The van der Waals surface area contributed by atoms with Crippen LogP contribution in [0.5, 0.6) is 0 Å². The second kappa shape index (κ2) is 2.84. The van der Waals surface area contributed by atoms with E-state index in [9.17, 15) is 4.79 Å². The molecule has 0 aliphatic heterocycles. The monoisotopic (exact) mass is 190 g/mol. The van der Waals surface area contributed by atoms with Gasteiger partial charge < -0.3 is 4.57 Å². The van der Waals surface area contributed by atoms with Crippen molar-refractivity contribution >= 4 is 5.57 Å². The van der Waals surface area contributed by atoms with Gasteiger partial charge in [0, 0.05) is 19.7 Å². The number of pyridine rings is 1. The summed E-state index contributed by atoms with van der Waals surface area (Å²) in [6.07, 6.45) is -0.354. The molecule has 0 spiro atoms. The number of fused-ring (bicyclic) bond motifs is 1. The minimum atomic E-state index is -0.354. The van der Waals surface area contributed by atoms with Crippen LogP contribution in [0.1, 0.15) is 32.0 Å². The van der Waals surface area contributed by atoms with Crippen molar-refractivity contribution in [3.63, 3.8) is 0 Å². The summed E-state index contributed by atoms with van der Waals surface area (Å²) in [6.45, 7) is 5.76. The number of aryl methyl sites for hydroxylation is 1. The molecule has 1 atom stereocenters. The second-order valence-corrected chi connectivity index (χ2v) is 3.93. The third-order valence-electron chi connectivity index (χ3n) is 3.04. The van der Waals surface area contributed by atoms with Crippen molar-refractivity contribution in [3.8, 4) is 0 Å². The lowest BCUT2D eigenvalue weighted by Crippen LogP contribution is -2.22. The highest BCUT2D eigenvalue weighted by molar-refractivity contribution is 5.74. The molecule has 1 aliphatic carbocycles. The van der Waals surface area contributed by atoms with Crippen molar-refractivity contribution in [2.75, 3.05) is 0 Å². The van der Waals surface area contributed by atoms with Gasteiger partial charge in [-0.15, -0.1) is 0 Å². The summed E-state index contributed by atoms with van der Waals surface area (Å²) in [7, 11) is 1.78. The van der Waals surface area contributed by atoms with Crippen molar-refractivity contribution in [3.05, 3.63) is 38.8 Å². The van der Waals surface area contributed by atoms with Crippen molar-refractivity contribution in [2.24, 2.45) is 7.05 Å². The van der Waals surface area contributed by atoms with Crippen molar-refractivity contribution in [1.29, 1.82) is 0 Å². The van der Waals surface area contributed by atoms with Gasteiger partial charge >= 0.3 is 0 Å². The SMILES string of the molecule is [2H]C1C(C)=C(C)c2c1cc(C)n(C)c2=O. The lowest BCUT2D eigenvalue weighted by Gasteiger charge is -2.07. The molecular weight excluding hydrogens is 174 g/mol.